The van der Waals surface area contributed by atoms with E-state index in [1.807, 2.05) is 55.5 Å². The van der Waals surface area contributed by atoms with Crippen LogP contribution in [0.25, 0.3) is 0 Å². The molecule has 2 aromatic carbocycles. The predicted molar refractivity (Wildman–Crippen MR) is 119 cm³/mol. The highest BCUT2D eigenvalue weighted by Crippen LogP contribution is 2.39. The van der Waals surface area contributed by atoms with Crippen molar-refractivity contribution in [2.24, 2.45) is 10.1 Å². The van der Waals surface area contributed by atoms with Gasteiger partial charge in [-0.1, -0.05) is 48.5 Å². The quantitative estimate of drug-likeness (QED) is 0.556. The van der Waals surface area contributed by atoms with Crippen molar-refractivity contribution in [1.29, 1.82) is 0 Å². The zero-order chi connectivity index (χ0) is 22.0. The Bertz CT molecular complexity index is 1010. The average Bonchev–Trinajstić information content (AvgIpc) is 3.52. The minimum absolute atomic E-state index is 0.0912. The SMILES string of the molecule is CC(C1=NNC(NC2=NCC(O)CN2)O1)c1cccc(C2(c3ccccc3)OCCO2)c1. The molecule has 5 rings (SSSR count). The number of nitrogens with one attached hydrogen (secondary N) is 3. The summed E-state index contributed by atoms with van der Waals surface area (Å²) >= 11 is 0. The number of ether oxygens (including phenoxy) is 3. The molecule has 3 aliphatic heterocycles. The van der Waals surface area contributed by atoms with Crippen LogP contribution in [0.1, 0.15) is 29.5 Å². The van der Waals surface area contributed by atoms with Gasteiger partial charge in [0.1, 0.15) is 0 Å². The second-order valence-electron chi connectivity index (χ2n) is 7.97. The molecule has 0 amide bonds. The fourth-order valence-electron chi connectivity index (χ4n) is 4.03. The Morgan fingerprint density at radius 1 is 1.09 bits per heavy atom. The van der Waals surface area contributed by atoms with E-state index < -0.39 is 18.2 Å². The van der Waals surface area contributed by atoms with Gasteiger partial charge in [-0.15, -0.1) is 5.10 Å². The summed E-state index contributed by atoms with van der Waals surface area (Å²) in [4.78, 5) is 4.24. The Morgan fingerprint density at radius 3 is 2.62 bits per heavy atom. The van der Waals surface area contributed by atoms with Crippen molar-refractivity contribution in [2.75, 3.05) is 26.3 Å². The van der Waals surface area contributed by atoms with E-state index in [1.165, 1.54) is 0 Å². The maximum atomic E-state index is 9.54. The Morgan fingerprint density at radius 2 is 1.88 bits per heavy atom. The van der Waals surface area contributed by atoms with E-state index in [0.29, 0.717) is 38.2 Å². The number of benzene rings is 2. The Hall–Kier alpha value is -3.14. The van der Waals surface area contributed by atoms with Crippen molar-refractivity contribution in [2.45, 2.75) is 31.1 Å². The number of hydrogen-bond acceptors (Lipinski definition) is 9. The highest BCUT2D eigenvalue weighted by Gasteiger charge is 2.41. The molecule has 1 saturated heterocycles. The number of rotatable bonds is 5. The molecule has 3 aliphatic rings. The van der Waals surface area contributed by atoms with Gasteiger partial charge in [-0.3, -0.25) is 10.4 Å². The zero-order valence-corrected chi connectivity index (χ0v) is 17.8. The van der Waals surface area contributed by atoms with Crippen LogP contribution in [0.15, 0.2) is 64.7 Å². The van der Waals surface area contributed by atoms with E-state index in [9.17, 15) is 5.11 Å². The van der Waals surface area contributed by atoms with Gasteiger partial charge in [-0.2, -0.15) is 0 Å². The highest BCUT2D eigenvalue weighted by molar-refractivity contribution is 5.85. The zero-order valence-electron chi connectivity index (χ0n) is 17.8. The second-order valence-corrected chi connectivity index (χ2v) is 7.97. The third kappa shape index (κ3) is 4.02. The van der Waals surface area contributed by atoms with Crippen molar-refractivity contribution in [3.8, 4) is 0 Å². The summed E-state index contributed by atoms with van der Waals surface area (Å²) in [7, 11) is 0. The molecule has 2 aromatic rings. The summed E-state index contributed by atoms with van der Waals surface area (Å²) in [5.74, 6) is 0.136. The van der Waals surface area contributed by atoms with Gasteiger partial charge < -0.3 is 30.0 Å². The normalized spacial score (nSPS) is 25.1. The molecular weight excluding hydrogens is 410 g/mol. The summed E-state index contributed by atoms with van der Waals surface area (Å²) in [5, 5.41) is 20.0. The summed E-state index contributed by atoms with van der Waals surface area (Å²) in [6, 6.07) is 18.2. The second kappa shape index (κ2) is 8.78. The lowest BCUT2D eigenvalue weighted by Gasteiger charge is -2.29. The lowest BCUT2D eigenvalue weighted by Crippen LogP contribution is -2.52. The molecule has 1 fully saturated rings. The van der Waals surface area contributed by atoms with Crippen LogP contribution in [-0.2, 0) is 20.0 Å². The molecule has 9 heteroatoms. The van der Waals surface area contributed by atoms with Gasteiger partial charge in [-0.05, 0) is 18.6 Å². The van der Waals surface area contributed by atoms with Gasteiger partial charge in [0.05, 0.1) is 31.8 Å². The molecule has 32 heavy (non-hydrogen) atoms. The van der Waals surface area contributed by atoms with E-state index in [0.717, 1.165) is 16.7 Å². The van der Waals surface area contributed by atoms with E-state index >= 15 is 0 Å². The smallest absolute Gasteiger partial charge is 0.267 e. The molecular formula is C23H27N5O4. The lowest BCUT2D eigenvalue weighted by atomic mass is 9.92. The van der Waals surface area contributed by atoms with Crippen LogP contribution in [0.2, 0.25) is 0 Å². The van der Waals surface area contributed by atoms with E-state index in [2.05, 4.69) is 32.2 Å². The van der Waals surface area contributed by atoms with Crippen LogP contribution >= 0.6 is 0 Å². The maximum absolute atomic E-state index is 9.54. The summed E-state index contributed by atoms with van der Waals surface area (Å²) in [6.07, 6.45) is -1.00. The fraction of sp³-hybridized carbons (Fsp3) is 0.391. The number of aliphatic imine (C=N–C) groups is 1. The Balaban J connectivity index is 1.31. The molecule has 4 N–H and O–H groups in total. The molecule has 3 atom stereocenters. The van der Waals surface area contributed by atoms with E-state index in [1.54, 1.807) is 0 Å². The van der Waals surface area contributed by atoms with Crippen molar-refractivity contribution >= 4 is 11.9 Å². The summed E-state index contributed by atoms with van der Waals surface area (Å²) in [5.41, 5.74) is 5.88. The number of hydrazone groups is 1. The standard InChI is InChI=1S/C23H27N5O4/c1-15(20-27-28-22(32-20)26-21-24-13-19(29)14-25-21)16-6-5-9-18(12-16)23(30-10-11-31-23)17-7-3-2-4-8-17/h2-9,12,15,19,22,28-29H,10-11,13-14H2,1H3,(H2,24,25,26). The molecule has 3 heterocycles. The molecule has 0 spiro atoms. The van der Waals surface area contributed by atoms with E-state index in [-0.39, 0.29) is 5.92 Å². The van der Waals surface area contributed by atoms with Crippen LogP contribution in [0.5, 0.6) is 0 Å². The lowest BCUT2D eigenvalue weighted by molar-refractivity contribution is -0.129. The van der Waals surface area contributed by atoms with Crippen LogP contribution in [-0.4, -0.2) is 55.7 Å². The largest absolute Gasteiger partial charge is 0.435 e. The molecule has 0 aromatic heterocycles. The van der Waals surface area contributed by atoms with Gasteiger partial charge in [0.2, 0.25) is 11.7 Å². The number of β-amino-alcohol motifs (C(OH)–C–C–N with tert-alkyl or cyclic N) is 1. The third-order valence-corrected chi connectivity index (χ3v) is 5.75. The number of nitrogens with zero attached hydrogens (tertiary/aromatic N) is 2. The van der Waals surface area contributed by atoms with Crippen molar-refractivity contribution in [1.82, 2.24) is 16.1 Å². The third-order valence-electron chi connectivity index (χ3n) is 5.75. The fourth-order valence-corrected chi connectivity index (χ4v) is 4.03. The molecule has 0 bridgehead atoms. The highest BCUT2D eigenvalue weighted by atomic mass is 16.7. The minimum Gasteiger partial charge on any atom is -0.435 e. The van der Waals surface area contributed by atoms with Gasteiger partial charge in [0.25, 0.3) is 6.35 Å². The van der Waals surface area contributed by atoms with Crippen LogP contribution in [0, 0.1) is 0 Å². The van der Waals surface area contributed by atoms with Crippen LogP contribution in [0.3, 0.4) is 0 Å². The van der Waals surface area contributed by atoms with Crippen LogP contribution < -0.4 is 16.1 Å². The molecule has 0 radical (unpaired) electrons. The molecule has 9 nitrogen and oxygen atoms in total. The topological polar surface area (TPSA) is 109 Å². The minimum atomic E-state index is -0.910. The van der Waals surface area contributed by atoms with E-state index in [4.69, 9.17) is 14.2 Å². The van der Waals surface area contributed by atoms with Gasteiger partial charge in [0, 0.05) is 17.7 Å². The molecule has 3 unspecified atom stereocenters. The Labute approximate surface area is 186 Å². The monoisotopic (exact) mass is 437 g/mol. The first kappa shape index (κ1) is 20.7. The summed E-state index contributed by atoms with van der Waals surface area (Å²) < 4.78 is 18.2. The number of guanidine groups is 1. The molecule has 0 aliphatic carbocycles. The van der Waals surface area contributed by atoms with Gasteiger partial charge in [-0.25, -0.2) is 0 Å². The first-order valence-corrected chi connectivity index (χ1v) is 10.8. The van der Waals surface area contributed by atoms with Gasteiger partial charge >= 0.3 is 0 Å². The summed E-state index contributed by atoms with van der Waals surface area (Å²) in [6.45, 7) is 3.92. The van der Waals surface area contributed by atoms with Crippen molar-refractivity contribution < 1.29 is 19.3 Å². The molecule has 168 valence electrons. The van der Waals surface area contributed by atoms with Gasteiger partial charge in [0.15, 0.2) is 5.96 Å². The first-order chi connectivity index (χ1) is 15.6. The number of aliphatic hydroxyl groups excluding tert-OH is 1. The number of aliphatic hydroxyl groups is 1. The van der Waals surface area contributed by atoms with Crippen molar-refractivity contribution in [3.05, 3.63) is 71.3 Å². The van der Waals surface area contributed by atoms with Crippen LogP contribution in [0.4, 0.5) is 0 Å². The maximum Gasteiger partial charge on any atom is 0.267 e. The Kier molecular flexibility index (Phi) is 5.69. The predicted octanol–water partition coefficient (Wildman–Crippen LogP) is 1.16. The molecule has 0 saturated carbocycles. The number of hydrogen-bond donors (Lipinski definition) is 4. The first-order valence-electron chi connectivity index (χ1n) is 10.8. The average molecular weight is 438 g/mol. The van der Waals surface area contributed by atoms with Crippen molar-refractivity contribution in [3.63, 3.8) is 0 Å².